The van der Waals surface area contributed by atoms with Crippen molar-refractivity contribution >= 4 is 5.69 Å². The third kappa shape index (κ3) is 3.30. The quantitative estimate of drug-likeness (QED) is 0.280. The van der Waals surface area contributed by atoms with E-state index >= 15 is 0 Å². The summed E-state index contributed by atoms with van der Waals surface area (Å²) in [5, 5.41) is 24.2. The molecule has 0 fully saturated rings. The molecule has 4 nitrogen and oxygen atoms in total. The number of hydrogen-bond donors (Lipinski definition) is 1. The number of benzene rings is 4. The van der Waals surface area contributed by atoms with Crippen LogP contribution in [0.5, 0.6) is 0 Å². The van der Waals surface area contributed by atoms with E-state index in [-0.39, 0.29) is 11.3 Å². The summed E-state index contributed by atoms with van der Waals surface area (Å²) < 4.78 is 0. The van der Waals surface area contributed by atoms with Crippen molar-refractivity contribution in [1.82, 2.24) is 0 Å². The first-order valence-corrected chi connectivity index (χ1v) is 9.29. The monoisotopic (exact) mass is 381 g/mol. The molecule has 0 aliphatic heterocycles. The number of nitrogens with zero attached hydrogens (tertiary/aromatic N) is 1. The van der Waals surface area contributed by atoms with Crippen LogP contribution in [-0.2, 0) is 5.60 Å². The van der Waals surface area contributed by atoms with Gasteiger partial charge in [-0.25, -0.2) is 0 Å². The summed E-state index contributed by atoms with van der Waals surface area (Å²) in [5.41, 5.74) is 0.799. The van der Waals surface area contributed by atoms with Crippen molar-refractivity contribution in [3.63, 3.8) is 0 Å². The first kappa shape index (κ1) is 18.6. The summed E-state index contributed by atoms with van der Waals surface area (Å²) in [5.74, 6) is 0. The van der Waals surface area contributed by atoms with Gasteiger partial charge >= 0.3 is 0 Å². The minimum Gasteiger partial charge on any atom is -0.376 e. The molecule has 29 heavy (non-hydrogen) atoms. The Bertz CT molecular complexity index is 1090. The van der Waals surface area contributed by atoms with Gasteiger partial charge in [-0.3, -0.25) is 10.1 Å². The molecule has 4 heteroatoms. The molecule has 4 aromatic rings. The molecule has 0 aromatic heterocycles. The molecule has 1 N–H and O–H groups in total. The van der Waals surface area contributed by atoms with Gasteiger partial charge in [-0.05, 0) is 28.8 Å². The van der Waals surface area contributed by atoms with Crippen LogP contribution in [0.3, 0.4) is 0 Å². The predicted octanol–water partition coefficient (Wildman–Crippen LogP) is 5.55. The SMILES string of the molecule is O=[N+]([O-])c1c(-c2ccccc2)cccc1C(O)(c1ccccc1)c1ccccc1. The number of aliphatic hydroxyl groups is 1. The second-order valence-corrected chi connectivity index (χ2v) is 6.77. The molecule has 142 valence electrons. The summed E-state index contributed by atoms with van der Waals surface area (Å²) in [7, 11) is 0. The van der Waals surface area contributed by atoms with E-state index in [4.69, 9.17) is 0 Å². The third-order valence-corrected chi connectivity index (χ3v) is 5.08. The largest absolute Gasteiger partial charge is 0.376 e. The average molecular weight is 381 g/mol. The van der Waals surface area contributed by atoms with Crippen LogP contribution in [0.2, 0.25) is 0 Å². The Labute approximate surface area is 168 Å². The van der Waals surface area contributed by atoms with Crippen molar-refractivity contribution in [3.8, 4) is 11.1 Å². The highest BCUT2D eigenvalue weighted by atomic mass is 16.6. The van der Waals surface area contributed by atoms with E-state index in [1.54, 1.807) is 42.5 Å². The molecule has 0 spiro atoms. The molecule has 4 rings (SSSR count). The molecule has 0 unspecified atom stereocenters. The molecule has 0 bridgehead atoms. The fourth-order valence-corrected chi connectivity index (χ4v) is 3.72. The van der Waals surface area contributed by atoms with Crippen LogP contribution < -0.4 is 0 Å². The lowest BCUT2D eigenvalue weighted by molar-refractivity contribution is -0.385. The van der Waals surface area contributed by atoms with Crippen molar-refractivity contribution in [3.05, 3.63) is 136 Å². The number of para-hydroxylation sites is 1. The van der Waals surface area contributed by atoms with E-state index in [9.17, 15) is 15.2 Å². The Balaban J connectivity index is 2.06. The van der Waals surface area contributed by atoms with Gasteiger partial charge in [0.1, 0.15) is 5.60 Å². The second-order valence-electron chi connectivity index (χ2n) is 6.77. The van der Waals surface area contributed by atoms with Crippen LogP contribution in [0.4, 0.5) is 5.69 Å². The Kier molecular flexibility index (Phi) is 4.94. The van der Waals surface area contributed by atoms with Gasteiger partial charge in [-0.1, -0.05) is 97.1 Å². The molecule has 0 atom stereocenters. The van der Waals surface area contributed by atoms with Gasteiger partial charge in [0.25, 0.3) is 5.69 Å². The van der Waals surface area contributed by atoms with Gasteiger partial charge in [0.15, 0.2) is 0 Å². The lowest BCUT2D eigenvalue weighted by Gasteiger charge is -2.30. The van der Waals surface area contributed by atoms with Crippen LogP contribution in [0.15, 0.2) is 109 Å². The van der Waals surface area contributed by atoms with Crippen molar-refractivity contribution in [2.24, 2.45) is 0 Å². The van der Waals surface area contributed by atoms with E-state index in [1.807, 2.05) is 66.7 Å². The van der Waals surface area contributed by atoms with Gasteiger partial charge < -0.3 is 5.11 Å². The molecule has 0 saturated carbocycles. The van der Waals surface area contributed by atoms with Crippen molar-refractivity contribution in [2.45, 2.75) is 5.60 Å². The molecule has 0 radical (unpaired) electrons. The molecule has 0 heterocycles. The maximum absolute atomic E-state index is 12.2. The van der Waals surface area contributed by atoms with Gasteiger partial charge in [-0.15, -0.1) is 0 Å². The zero-order valence-corrected chi connectivity index (χ0v) is 15.6. The summed E-state index contributed by atoms with van der Waals surface area (Å²) in [6.07, 6.45) is 0. The second kappa shape index (κ2) is 7.70. The highest BCUT2D eigenvalue weighted by molar-refractivity contribution is 5.77. The Morgan fingerprint density at radius 3 is 1.62 bits per heavy atom. The number of nitro groups is 1. The lowest BCUT2D eigenvalue weighted by Crippen LogP contribution is -2.30. The van der Waals surface area contributed by atoms with E-state index in [2.05, 4.69) is 0 Å². The first-order valence-electron chi connectivity index (χ1n) is 9.29. The molecule has 0 aliphatic rings. The molecular weight excluding hydrogens is 362 g/mol. The highest BCUT2D eigenvalue weighted by Crippen LogP contribution is 2.44. The van der Waals surface area contributed by atoms with Crippen molar-refractivity contribution in [2.75, 3.05) is 0 Å². The predicted molar refractivity (Wildman–Crippen MR) is 114 cm³/mol. The normalized spacial score (nSPS) is 11.2. The van der Waals surface area contributed by atoms with Crippen molar-refractivity contribution in [1.29, 1.82) is 0 Å². The Hall–Kier alpha value is -3.76. The van der Waals surface area contributed by atoms with E-state index in [0.717, 1.165) is 5.56 Å². The van der Waals surface area contributed by atoms with Crippen LogP contribution in [0.25, 0.3) is 11.1 Å². The van der Waals surface area contributed by atoms with Crippen LogP contribution in [0.1, 0.15) is 16.7 Å². The maximum Gasteiger partial charge on any atom is 0.283 e. The fourth-order valence-electron chi connectivity index (χ4n) is 3.72. The molecule has 4 aromatic carbocycles. The Morgan fingerprint density at radius 1 is 0.655 bits per heavy atom. The third-order valence-electron chi connectivity index (χ3n) is 5.08. The van der Waals surface area contributed by atoms with Gasteiger partial charge in [0, 0.05) is 0 Å². The van der Waals surface area contributed by atoms with E-state index < -0.39 is 10.5 Å². The van der Waals surface area contributed by atoms with Gasteiger partial charge in [0.2, 0.25) is 0 Å². The lowest BCUT2D eigenvalue weighted by atomic mass is 9.78. The molecule has 0 amide bonds. The topological polar surface area (TPSA) is 63.4 Å². The van der Waals surface area contributed by atoms with E-state index in [1.165, 1.54) is 0 Å². The summed E-state index contributed by atoms with van der Waals surface area (Å²) in [6, 6.07) is 32.4. The average Bonchev–Trinajstić information content (AvgIpc) is 2.79. The van der Waals surface area contributed by atoms with Crippen LogP contribution in [-0.4, -0.2) is 10.0 Å². The molecule has 0 saturated heterocycles. The standard InChI is InChI=1S/C25H19NO3/c27-25(20-13-6-2-7-14-20,21-15-8-3-9-16-21)23-18-10-17-22(24(23)26(28)29)19-11-4-1-5-12-19/h1-18,27H. The number of hydrogen-bond acceptors (Lipinski definition) is 3. The number of rotatable bonds is 5. The Morgan fingerprint density at radius 2 is 1.14 bits per heavy atom. The number of nitro benzene ring substituents is 1. The molecular formula is C25H19NO3. The summed E-state index contributed by atoms with van der Waals surface area (Å²) in [4.78, 5) is 11.8. The smallest absolute Gasteiger partial charge is 0.283 e. The fraction of sp³-hybridized carbons (Fsp3) is 0.0400. The van der Waals surface area contributed by atoms with E-state index in [0.29, 0.717) is 16.7 Å². The maximum atomic E-state index is 12.2. The summed E-state index contributed by atoms with van der Waals surface area (Å²) >= 11 is 0. The first-order chi connectivity index (χ1) is 14.1. The van der Waals surface area contributed by atoms with Crippen LogP contribution in [0, 0.1) is 10.1 Å². The van der Waals surface area contributed by atoms with Gasteiger partial charge in [0.05, 0.1) is 16.1 Å². The van der Waals surface area contributed by atoms with Crippen LogP contribution >= 0.6 is 0 Å². The minimum atomic E-state index is -1.67. The molecule has 0 aliphatic carbocycles. The van der Waals surface area contributed by atoms with Gasteiger partial charge in [-0.2, -0.15) is 0 Å². The van der Waals surface area contributed by atoms with Crippen molar-refractivity contribution < 1.29 is 10.0 Å². The zero-order valence-electron chi connectivity index (χ0n) is 15.6. The summed E-state index contributed by atoms with van der Waals surface area (Å²) in [6.45, 7) is 0. The highest BCUT2D eigenvalue weighted by Gasteiger charge is 2.40. The minimum absolute atomic E-state index is 0.103. The zero-order chi connectivity index (χ0) is 20.3.